The number of rotatable bonds is 3. The third-order valence-corrected chi connectivity index (χ3v) is 4.94. The summed E-state index contributed by atoms with van der Waals surface area (Å²) in [5.74, 6) is -0.148. The van der Waals surface area contributed by atoms with E-state index in [4.69, 9.17) is 0 Å². The SMILES string of the molecule is CCc1c(C)nc2cc([C@@H]3CCCN3C(=O)c3cnccn3)[nH]n2c1=O. The van der Waals surface area contributed by atoms with Gasteiger partial charge in [0.2, 0.25) is 0 Å². The van der Waals surface area contributed by atoms with E-state index in [1.807, 2.05) is 19.9 Å². The summed E-state index contributed by atoms with van der Waals surface area (Å²) >= 11 is 0. The standard InChI is InChI=1S/C18H20N6O2/c1-3-12-11(2)21-16-9-13(22-24(16)17(12)25)15-5-4-8-23(15)18(26)14-10-19-6-7-20-14/h6-7,9-10,15,22H,3-5,8H2,1-2H3/t15-/m0/s1. The normalized spacial score (nSPS) is 17.2. The van der Waals surface area contributed by atoms with Crippen LogP contribution in [0, 0.1) is 6.92 Å². The molecule has 1 saturated heterocycles. The van der Waals surface area contributed by atoms with Gasteiger partial charge in [-0.2, -0.15) is 0 Å². The number of fused-ring (bicyclic) bond motifs is 1. The van der Waals surface area contributed by atoms with Gasteiger partial charge in [-0.25, -0.2) is 14.5 Å². The van der Waals surface area contributed by atoms with Crippen molar-refractivity contribution in [3.8, 4) is 0 Å². The molecule has 0 spiro atoms. The number of amides is 1. The maximum Gasteiger partial charge on any atom is 0.276 e. The predicted octanol–water partition coefficient (Wildman–Crippen LogP) is 1.66. The first-order valence-electron chi connectivity index (χ1n) is 8.78. The van der Waals surface area contributed by atoms with Crippen LogP contribution in [0.2, 0.25) is 0 Å². The molecule has 1 aliphatic rings. The van der Waals surface area contributed by atoms with E-state index in [-0.39, 0.29) is 17.5 Å². The molecule has 4 rings (SSSR count). The molecule has 4 heterocycles. The monoisotopic (exact) mass is 352 g/mol. The molecular weight excluding hydrogens is 332 g/mol. The summed E-state index contributed by atoms with van der Waals surface area (Å²) in [5.41, 5.74) is 3.10. The molecule has 0 unspecified atom stereocenters. The summed E-state index contributed by atoms with van der Waals surface area (Å²) in [6, 6.07) is 1.73. The minimum absolute atomic E-state index is 0.0777. The van der Waals surface area contributed by atoms with Crippen LogP contribution < -0.4 is 5.56 Å². The van der Waals surface area contributed by atoms with Crippen molar-refractivity contribution < 1.29 is 4.79 Å². The molecule has 0 aromatic carbocycles. The van der Waals surface area contributed by atoms with Crippen LogP contribution in [0.15, 0.2) is 29.5 Å². The summed E-state index contributed by atoms with van der Waals surface area (Å²) in [4.78, 5) is 39.8. The first-order valence-corrected chi connectivity index (χ1v) is 8.78. The largest absolute Gasteiger partial charge is 0.329 e. The number of H-pyrrole nitrogens is 1. The number of carbonyl (C=O) groups excluding carboxylic acids is 1. The summed E-state index contributed by atoms with van der Waals surface area (Å²) in [6.07, 6.45) is 6.89. The molecule has 0 aliphatic carbocycles. The summed E-state index contributed by atoms with van der Waals surface area (Å²) in [5, 5.41) is 3.16. The number of carbonyl (C=O) groups is 1. The molecule has 1 fully saturated rings. The zero-order chi connectivity index (χ0) is 18.3. The van der Waals surface area contributed by atoms with Gasteiger partial charge in [0.25, 0.3) is 11.5 Å². The van der Waals surface area contributed by atoms with Crippen molar-refractivity contribution in [2.75, 3.05) is 6.54 Å². The van der Waals surface area contributed by atoms with Crippen molar-refractivity contribution in [1.29, 1.82) is 0 Å². The van der Waals surface area contributed by atoms with E-state index in [1.54, 1.807) is 11.1 Å². The Morgan fingerprint density at radius 1 is 1.38 bits per heavy atom. The van der Waals surface area contributed by atoms with Crippen LogP contribution in [0.25, 0.3) is 5.65 Å². The van der Waals surface area contributed by atoms with Gasteiger partial charge in [-0.3, -0.25) is 19.7 Å². The maximum atomic E-state index is 12.8. The van der Waals surface area contributed by atoms with Gasteiger partial charge < -0.3 is 4.90 Å². The second kappa shape index (κ2) is 6.36. The van der Waals surface area contributed by atoms with Crippen LogP contribution in [0.5, 0.6) is 0 Å². The van der Waals surface area contributed by atoms with Gasteiger partial charge in [0.05, 0.1) is 17.9 Å². The van der Waals surface area contributed by atoms with Crippen molar-refractivity contribution in [1.82, 2.24) is 29.5 Å². The summed E-state index contributed by atoms with van der Waals surface area (Å²) in [7, 11) is 0. The van der Waals surface area contributed by atoms with Crippen LogP contribution in [0.3, 0.4) is 0 Å². The quantitative estimate of drug-likeness (QED) is 0.773. The Morgan fingerprint density at radius 2 is 2.23 bits per heavy atom. The van der Waals surface area contributed by atoms with Crippen LogP contribution in [0.4, 0.5) is 0 Å². The Balaban J connectivity index is 1.73. The molecule has 1 atom stereocenters. The van der Waals surface area contributed by atoms with Gasteiger partial charge in [-0.1, -0.05) is 6.92 Å². The van der Waals surface area contributed by atoms with Gasteiger partial charge in [0.1, 0.15) is 5.69 Å². The minimum Gasteiger partial charge on any atom is -0.329 e. The fourth-order valence-corrected chi connectivity index (χ4v) is 3.66. The van der Waals surface area contributed by atoms with Gasteiger partial charge in [0.15, 0.2) is 5.65 Å². The molecule has 0 radical (unpaired) electrons. The molecular formula is C18H20N6O2. The zero-order valence-electron chi connectivity index (χ0n) is 14.8. The van der Waals surface area contributed by atoms with Crippen molar-refractivity contribution in [2.45, 2.75) is 39.2 Å². The number of aromatic amines is 1. The zero-order valence-corrected chi connectivity index (χ0v) is 14.8. The van der Waals surface area contributed by atoms with Crippen LogP contribution >= 0.6 is 0 Å². The Hall–Kier alpha value is -3.03. The highest BCUT2D eigenvalue weighted by atomic mass is 16.2. The first-order chi connectivity index (χ1) is 12.6. The van der Waals surface area contributed by atoms with Gasteiger partial charge in [-0.15, -0.1) is 0 Å². The lowest BCUT2D eigenvalue weighted by atomic mass is 10.1. The molecule has 3 aromatic rings. The molecule has 26 heavy (non-hydrogen) atoms. The smallest absolute Gasteiger partial charge is 0.276 e. The topological polar surface area (TPSA) is 96.2 Å². The number of aromatic nitrogens is 5. The third kappa shape index (κ3) is 2.58. The molecule has 3 aromatic heterocycles. The Bertz CT molecular complexity index is 1020. The number of nitrogens with zero attached hydrogens (tertiary/aromatic N) is 5. The maximum absolute atomic E-state index is 12.8. The first kappa shape index (κ1) is 16.4. The van der Waals surface area contributed by atoms with E-state index < -0.39 is 0 Å². The van der Waals surface area contributed by atoms with Crippen molar-refractivity contribution in [3.05, 3.63) is 57.7 Å². The predicted molar refractivity (Wildman–Crippen MR) is 95.0 cm³/mol. The van der Waals surface area contributed by atoms with Gasteiger partial charge in [0, 0.05) is 36.3 Å². The van der Waals surface area contributed by atoms with Gasteiger partial charge >= 0.3 is 0 Å². The van der Waals surface area contributed by atoms with Gasteiger partial charge in [-0.05, 0) is 26.2 Å². The van der Waals surface area contributed by atoms with Crippen molar-refractivity contribution in [3.63, 3.8) is 0 Å². The van der Waals surface area contributed by atoms with E-state index in [1.165, 1.54) is 16.9 Å². The fraction of sp³-hybridized carbons (Fsp3) is 0.389. The number of nitrogens with one attached hydrogen (secondary N) is 1. The van der Waals surface area contributed by atoms with E-state index >= 15 is 0 Å². The molecule has 8 heteroatoms. The Morgan fingerprint density at radius 3 is 2.96 bits per heavy atom. The lowest BCUT2D eigenvalue weighted by molar-refractivity contribution is 0.0726. The van der Waals surface area contributed by atoms with E-state index in [0.717, 1.165) is 24.2 Å². The van der Waals surface area contributed by atoms with Crippen molar-refractivity contribution >= 4 is 11.6 Å². The highest BCUT2D eigenvalue weighted by Gasteiger charge is 2.32. The molecule has 8 nitrogen and oxygen atoms in total. The highest BCUT2D eigenvalue weighted by Crippen LogP contribution is 2.32. The molecule has 1 amide bonds. The number of likely N-dealkylation sites (tertiary alicyclic amines) is 1. The number of hydrogen-bond acceptors (Lipinski definition) is 5. The minimum atomic E-state index is -0.148. The summed E-state index contributed by atoms with van der Waals surface area (Å²) in [6.45, 7) is 4.45. The Labute approximate surface area is 149 Å². The van der Waals surface area contributed by atoms with E-state index in [0.29, 0.717) is 29.9 Å². The van der Waals surface area contributed by atoms with E-state index in [9.17, 15) is 9.59 Å². The van der Waals surface area contributed by atoms with Crippen molar-refractivity contribution in [2.24, 2.45) is 0 Å². The molecule has 134 valence electrons. The molecule has 1 aliphatic heterocycles. The van der Waals surface area contributed by atoms with E-state index in [2.05, 4.69) is 20.1 Å². The average Bonchev–Trinajstić information content (AvgIpc) is 3.29. The Kier molecular flexibility index (Phi) is 4.02. The number of hydrogen-bond donors (Lipinski definition) is 1. The third-order valence-electron chi connectivity index (χ3n) is 4.94. The number of aryl methyl sites for hydroxylation is 1. The molecule has 1 N–H and O–H groups in total. The van der Waals surface area contributed by atoms with Crippen LogP contribution in [-0.2, 0) is 6.42 Å². The second-order valence-electron chi connectivity index (χ2n) is 6.49. The second-order valence-corrected chi connectivity index (χ2v) is 6.49. The lowest BCUT2D eigenvalue weighted by Gasteiger charge is -2.23. The highest BCUT2D eigenvalue weighted by molar-refractivity contribution is 5.92. The summed E-state index contributed by atoms with van der Waals surface area (Å²) < 4.78 is 1.48. The fourth-order valence-electron chi connectivity index (χ4n) is 3.66. The molecule has 0 saturated carbocycles. The lowest BCUT2D eigenvalue weighted by Crippen LogP contribution is -2.31. The average molecular weight is 352 g/mol. The van der Waals surface area contributed by atoms with Crippen LogP contribution in [-0.4, -0.2) is 41.9 Å². The molecule has 0 bridgehead atoms. The van der Waals surface area contributed by atoms with Crippen LogP contribution in [0.1, 0.15) is 53.2 Å².